The Hall–Kier alpha value is -1.06. The molecule has 4 heteroatoms. The van der Waals surface area contributed by atoms with Gasteiger partial charge in [0.25, 0.3) is 0 Å². The molecule has 0 heterocycles. The van der Waals surface area contributed by atoms with Crippen LogP contribution in [0.4, 0.5) is 0 Å². The summed E-state index contributed by atoms with van der Waals surface area (Å²) in [5.74, 6) is -1.67. The number of carboxylic acids is 1. The third kappa shape index (κ3) is 2.61. The smallest absolute Gasteiger partial charge is 0.307 e. The minimum absolute atomic E-state index is 0.0484. The van der Waals surface area contributed by atoms with E-state index in [0.29, 0.717) is 6.42 Å². The number of nitrogens with one attached hydrogen (secondary N) is 1. The molecule has 0 aromatic heterocycles. The van der Waals surface area contributed by atoms with Crippen LogP contribution in [0.5, 0.6) is 0 Å². The summed E-state index contributed by atoms with van der Waals surface area (Å²) >= 11 is 0. The van der Waals surface area contributed by atoms with Gasteiger partial charge in [0.15, 0.2) is 0 Å². The predicted molar refractivity (Wildman–Crippen MR) is 63.4 cm³/mol. The summed E-state index contributed by atoms with van der Waals surface area (Å²) < 4.78 is 0. The number of rotatable bonds is 3. The number of carboxylic acid groups (broad SMARTS) is 1. The summed E-state index contributed by atoms with van der Waals surface area (Å²) in [6.07, 6.45) is 4.26. The first-order valence-corrected chi connectivity index (χ1v) is 6.45. The number of aliphatic carboxylic acids is 1. The lowest BCUT2D eigenvalue weighted by molar-refractivity contribution is -0.149. The van der Waals surface area contributed by atoms with Crippen molar-refractivity contribution in [1.82, 2.24) is 5.32 Å². The number of carbonyl (C=O) groups is 2. The van der Waals surface area contributed by atoms with Crippen LogP contribution in [0.25, 0.3) is 0 Å². The molecule has 0 aromatic rings. The standard InChI is InChI=1S/C13H21NO3/c1-13(2)7-10(13)14-11(15)8-5-3-4-6-9(8)12(16)17/h8-10H,3-7H2,1-2H3,(H,14,15)(H,16,17). The molecule has 2 N–H and O–H groups in total. The quantitative estimate of drug-likeness (QED) is 0.789. The Morgan fingerprint density at radius 2 is 1.71 bits per heavy atom. The van der Waals surface area contributed by atoms with E-state index in [2.05, 4.69) is 19.2 Å². The maximum absolute atomic E-state index is 12.1. The van der Waals surface area contributed by atoms with E-state index in [9.17, 15) is 9.59 Å². The van der Waals surface area contributed by atoms with Crippen LogP contribution in [0.1, 0.15) is 46.0 Å². The average Bonchev–Trinajstić information content (AvgIpc) is 2.85. The van der Waals surface area contributed by atoms with Crippen molar-refractivity contribution >= 4 is 11.9 Å². The molecule has 96 valence electrons. The molecule has 1 amide bonds. The lowest BCUT2D eigenvalue weighted by Crippen LogP contribution is -2.41. The summed E-state index contributed by atoms with van der Waals surface area (Å²) in [5, 5.41) is 12.1. The molecule has 0 aliphatic heterocycles. The fourth-order valence-electron chi connectivity index (χ4n) is 2.73. The topological polar surface area (TPSA) is 66.4 Å². The Labute approximate surface area is 102 Å². The van der Waals surface area contributed by atoms with E-state index in [1.165, 1.54) is 0 Å². The van der Waals surface area contributed by atoms with E-state index in [1.807, 2.05) is 0 Å². The Bertz CT molecular complexity index is 338. The van der Waals surface area contributed by atoms with Gasteiger partial charge < -0.3 is 10.4 Å². The van der Waals surface area contributed by atoms with Gasteiger partial charge in [-0.1, -0.05) is 26.7 Å². The van der Waals surface area contributed by atoms with Gasteiger partial charge in [0.05, 0.1) is 11.8 Å². The number of hydrogen-bond acceptors (Lipinski definition) is 2. The highest BCUT2D eigenvalue weighted by Gasteiger charge is 2.48. The number of hydrogen-bond donors (Lipinski definition) is 2. The van der Waals surface area contributed by atoms with Crippen molar-refractivity contribution in [2.75, 3.05) is 0 Å². The fourth-order valence-corrected chi connectivity index (χ4v) is 2.73. The summed E-state index contributed by atoms with van der Waals surface area (Å²) in [5.41, 5.74) is 0.197. The van der Waals surface area contributed by atoms with Gasteiger partial charge in [-0.2, -0.15) is 0 Å². The SMILES string of the molecule is CC1(C)CC1NC(=O)C1CCCCC1C(=O)O. The summed E-state index contributed by atoms with van der Waals surface area (Å²) in [6.45, 7) is 4.24. The van der Waals surface area contributed by atoms with Crippen molar-refractivity contribution in [3.63, 3.8) is 0 Å². The first kappa shape index (κ1) is 12.4. The van der Waals surface area contributed by atoms with Gasteiger partial charge in [-0.05, 0) is 24.7 Å². The second-order valence-electron chi connectivity index (χ2n) is 6.09. The molecule has 17 heavy (non-hydrogen) atoms. The van der Waals surface area contributed by atoms with Gasteiger partial charge in [-0.15, -0.1) is 0 Å². The molecule has 0 saturated heterocycles. The van der Waals surface area contributed by atoms with Crippen molar-refractivity contribution in [3.05, 3.63) is 0 Å². The lowest BCUT2D eigenvalue weighted by atomic mass is 9.78. The van der Waals surface area contributed by atoms with E-state index < -0.39 is 11.9 Å². The van der Waals surface area contributed by atoms with Gasteiger partial charge in [-0.25, -0.2) is 0 Å². The Morgan fingerprint density at radius 3 is 2.18 bits per heavy atom. The van der Waals surface area contributed by atoms with Crippen molar-refractivity contribution in [2.24, 2.45) is 17.3 Å². The second kappa shape index (κ2) is 4.31. The van der Waals surface area contributed by atoms with Crippen LogP contribution in [0.2, 0.25) is 0 Å². The molecular weight excluding hydrogens is 218 g/mol. The molecule has 0 spiro atoms. The normalized spacial score (nSPS) is 35.1. The minimum atomic E-state index is -0.820. The zero-order chi connectivity index (χ0) is 12.6. The van der Waals surface area contributed by atoms with Crippen LogP contribution in [0.3, 0.4) is 0 Å². The zero-order valence-corrected chi connectivity index (χ0v) is 10.5. The van der Waals surface area contributed by atoms with Crippen LogP contribution >= 0.6 is 0 Å². The van der Waals surface area contributed by atoms with Gasteiger partial charge in [-0.3, -0.25) is 9.59 Å². The summed E-state index contributed by atoms with van der Waals surface area (Å²) in [7, 11) is 0. The molecule has 2 aliphatic rings. The summed E-state index contributed by atoms with van der Waals surface area (Å²) in [4.78, 5) is 23.2. The van der Waals surface area contributed by atoms with Gasteiger partial charge >= 0.3 is 5.97 Å². The van der Waals surface area contributed by atoms with E-state index in [1.54, 1.807) is 0 Å². The predicted octanol–water partition coefficient (Wildman–Crippen LogP) is 1.79. The third-order valence-corrected chi connectivity index (χ3v) is 4.25. The lowest BCUT2D eigenvalue weighted by Gasteiger charge is -2.27. The average molecular weight is 239 g/mol. The van der Waals surface area contributed by atoms with Crippen LogP contribution < -0.4 is 5.32 Å². The van der Waals surface area contributed by atoms with Crippen LogP contribution in [-0.4, -0.2) is 23.0 Å². The second-order valence-corrected chi connectivity index (χ2v) is 6.09. The van der Waals surface area contributed by atoms with Crippen LogP contribution in [-0.2, 0) is 9.59 Å². The van der Waals surface area contributed by atoms with Crippen LogP contribution in [0, 0.1) is 17.3 Å². The highest BCUT2D eigenvalue weighted by molar-refractivity contribution is 5.85. The summed E-state index contributed by atoms with van der Waals surface area (Å²) in [6, 6.07) is 0.242. The third-order valence-electron chi connectivity index (χ3n) is 4.25. The maximum Gasteiger partial charge on any atom is 0.307 e. The first-order valence-electron chi connectivity index (χ1n) is 6.45. The highest BCUT2D eigenvalue weighted by atomic mass is 16.4. The molecule has 0 aromatic carbocycles. The van der Waals surface area contributed by atoms with Crippen molar-refractivity contribution < 1.29 is 14.7 Å². The fraction of sp³-hybridized carbons (Fsp3) is 0.846. The molecule has 0 bridgehead atoms. The molecule has 2 fully saturated rings. The molecular formula is C13H21NO3. The Kier molecular flexibility index (Phi) is 3.15. The number of carbonyl (C=O) groups excluding carboxylic acids is 1. The maximum atomic E-state index is 12.1. The Balaban J connectivity index is 1.95. The molecule has 2 rings (SSSR count). The van der Waals surface area contributed by atoms with Gasteiger partial charge in [0, 0.05) is 6.04 Å². The van der Waals surface area contributed by atoms with E-state index in [-0.39, 0.29) is 23.3 Å². The van der Waals surface area contributed by atoms with E-state index in [4.69, 9.17) is 5.11 Å². The molecule has 3 unspecified atom stereocenters. The van der Waals surface area contributed by atoms with E-state index in [0.717, 1.165) is 25.7 Å². The van der Waals surface area contributed by atoms with Gasteiger partial charge in [0.1, 0.15) is 0 Å². The largest absolute Gasteiger partial charge is 0.481 e. The Morgan fingerprint density at radius 1 is 1.18 bits per heavy atom. The first-order chi connectivity index (χ1) is 7.92. The molecule has 2 saturated carbocycles. The van der Waals surface area contributed by atoms with Crippen molar-refractivity contribution in [3.8, 4) is 0 Å². The van der Waals surface area contributed by atoms with Gasteiger partial charge in [0.2, 0.25) is 5.91 Å². The monoisotopic (exact) mass is 239 g/mol. The zero-order valence-electron chi connectivity index (χ0n) is 10.5. The highest BCUT2D eigenvalue weighted by Crippen LogP contribution is 2.45. The number of amides is 1. The van der Waals surface area contributed by atoms with E-state index >= 15 is 0 Å². The van der Waals surface area contributed by atoms with Crippen molar-refractivity contribution in [1.29, 1.82) is 0 Å². The van der Waals surface area contributed by atoms with Crippen molar-refractivity contribution in [2.45, 2.75) is 52.0 Å². The molecule has 0 radical (unpaired) electrons. The minimum Gasteiger partial charge on any atom is -0.481 e. The molecule has 4 nitrogen and oxygen atoms in total. The molecule has 2 aliphatic carbocycles. The van der Waals surface area contributed by atoms with Crippen LogP contribution in [0.15, 0.2) is 0 Å². The molecule has 3 atom stereocenters.